The van der Waals surface area contributed by atoms with Crippen molar-refractivity contribution in [1.29, 1.82) is 0 Å². The molecule has 0 aromatic heterocycles. The van der Waals surface area contributed by atoms with Crippen molar-refractivity contribution < 1.29 is 34.0 Å². The van der Waals surface area contributed by atoms with Gasteiger partial charge >= 0.3 is 0 Å². The van der Waals surface area contributed by atoms with Crippen LogP contribution in [0.3, 0.4) is 0 Å². The lowest BCUT2D eigenvalue weighted by molar-refractivity contribution is -0.132. The molecule has 1 heterocycles. The van der Waals surface area contributed by atoms with Crippen LogP contribution in [-0.2, 0) is 9.59 Å². The third-order valence-corrected chi connectivity index (χ3v) is 6.25. The van der Waals surface area contributed by atoms with Gasteiger partial charge in [0.15, 0.2) is 11.5 Å². The quantitative estimate of drug-likeness (QED) is 0.264. The van der Waals surface area contributed by atoms with Gasteiger partial charge in [-0.15, -0.1) is 0 Å². The summed E-state index contributed by atoms with van der Waals surface area (Å²) >= 11 is 0. The molecule has 4 rings (SSSR count). The second-order valence-corrected chi connectivity index (χ2v) is 8.71. The van der Waals surface area contributed by atoms with E-state index in [1.165, 1.54) is 25.2 Å². The van der Waals surface area contributed by atoms with E-state index in [0.29, 0.717) is 29.4 Å². The van der Waals surface area contributed by atoms with E-state index in [-0.39, 0.29) is 28.3 Å². The number of Topliss-reactive ketones (excluding diaryl/α,β-unsaturated/α-hetero) is 1. The van der Waals surface area contributed by atoms with Crippen molar-refractivity contribution in [3.05, 3.63) is 82.4 Å². The lowest BCUT2D eigenvalue weighted by atomic mass is 9.94. The Kier molecular flexibility index (Phi) is 7.11. The van der Waals surface area contributed by atoms with E-state index < -0.39 is 17.7 Å². The molecule has 0 aliphatic carbocycles. The number of phenols is 1. The van der Waals surface area contributed by atoms with Gasteiger partial charge in [-0.2, -0.15) is 0 Å². The molecule has 1 saturated heterocycles. The summed E-state index contributed by atoms with van der Waals surface area (Å²) in [4.78, 5) is 28.2. The number of aromatic hydroxyl groups is 1. The van der Waals surface area contributed by atoms with E-state index in [4.69, 9.17) is 14.2 Å². The van der Waals surface area contributed by atoms with Gasteiger partial charge in [0, 0.05) is 0 Å². The minimum atomic E-state index is -1.07. The number of carbonyl (C=O) groups is 2. The number of aliphatic hydroxyl groups is 1. The average Bonchev–Trinajstić information content (AvgIpc) is 3.15. The number of amides is 1. The van der Waals surface area contributed by atoms with E-state index in [1.54, 1.807) is 42.5 Å². The summed E-state index contributed by atoms with van der Waals surface area (Å²) < 4.78 is 16.6. The number of phenolic OH excluding ortho intramolecular Hbond substituents is 1. The van der Waals surface area contributed by atoms with Crippen molar-refractivity contribution in [2.45, 2.75) is 26.8 Å². The molecule has 3 aromatic rings. The molecule has 1 unspecified atom stereocenters. The van der Waals surface area contributed by atoms with Gasteiger partial charge in [0.1, 0.15) is 17.3 Å². The fraction of sp³-hybridized carbons (Fsp3) is 0.241. The zero-order valence-corrected chi connectivity index (χ0v) is 21.4. The number of hydrogen-bond acceptors (Lipinski definition) is 7. The lowest BCUT2D eigenvalue weighted by Crippen LogP contribution is -2.29. The van der Waals surface area contributed by atoms with Crippen molar-refractivity contribution in [3.8, 4) is 23.0 Å². The molecule has 0 saturated carbocycles. The van der Waals surface area contributed by atoms with Gasteiger partial charge in [-0.3, -0.25) is 14.5 Å². The van der Waals surface area contributed by atoms with Crippen LogP contribution in [0.1, 0.15) is 35.2 Å². The Morgan fingerprint density at radius 2 is 1.54 bits per heavy atom. The zero-order chi connectivity index (χ0) is 26.9. The Bertz CT molecular complexity index is 1410. The largest absolute Gasteiger partial charge is 0.507 e. The van der Waals surface area contributed by atoms with Crippen LogP contribution in [0.25, 0.3) is 5.76 Å². The molecule has 37 heavy (non-hydrogen) atoms. The molecular weight excluding hydrogens is 474 g/mol. The molecular formula is C29H29NO7. The predicted molar refractivity (Wildman–Crippen MR) is 140 cm³/mol. The molecule has 1 fully saturated rings. The maximum absolute atomic E-state index is 13.5. The van der Waals surface area contributed by atoms with Gasteiger partial charge in [0.05, 0.1) is 43.7 Å². The standard InChI is InChI=1S/C29H29NO7/c1-6-37-24-15-18(9-12-23(24)36-5)26-25(27(32)19-13-16(2)8-11-22(19)35-4)28(33)29(34)30(26)20-14-17(3)7-10-21(20)31/h7-15,26,31-32H,6H2,1-5H3/b27-25+. The third kappa shape index (κ3) is 4.58. The zero-order valence-electron chi connectivity index (χ0n) is 21.4. The Hall–Kier alpha value is -4.46. The fourth-order valence-electron chi connectivity index (χ4n) is 4.51. The molecule has 1 amide bonds. The number of carbonyl (C=O) groups excluding carboxylic acids is 2. The van der Waals surface area contributed by atoms with Gasteiger partial charge in [0.25, 0.3) is 11.7 Å². The van der Waals surface area contributed by atoms with E-state index >= 15 is 0 Å². The van der Waals surface area contributed by atoms with Gasteiger partial charge < -0.3 is 24.4 Å². The normalized spacial score (nSPS) is 16.7. The highest BCUT2D eigenvalue weighted by atomic mass is 16.5. The Labute approximate surface area is 215 Å². The number of nitrogens with zero attached hydrogens (tertiary/aromatic N) is 1. The molecule has 1 aliphatic rings. The monoisotopic (exact) mass is 503 g/mol. The lowest BCUT2D eigenvalue weighted by Gasteiger charge is -2.27. The summed E-state index contributed by atoms with van der Waals surface area (Å²) in [5.74, 6) is -1.10. The summed E-state index contributed by atoms with van der Waals surface area (Å²) in [6, 6.07) is 13.9. The highest BCUT2D eigenvalue weighted by molar-refractivity contribution is 6.52. The highest BCUT2D eigenvalue weighted by Gasteiger charge is 2.48. The number of ether oxygens (including phenoxy) is 3. The number of anilines is 1. The summed E-state index contributed by atoms with van der Waals surface area (Å²) in [6.07, 6.45) is 0. The van der Waals surface area contributed by atoms with Crippen molar-refractivity contribution in [3.63, 3.8) is 0 Å². The van der Waals surface area contributed by atoms with Crippen LogP contribution in [0.15, 0.2) is 60.2 Å². The number of aliphatic hydroxyl groups excluding tert-OH is 1. The first-order valence-corrected chi connectivity index (χ1v) is 11.8. The molecule has 8 heteroatoms. The molecule has 192 valence electrons. The smallest absolute Gasteiger partial charge is 0.300 e. The van der Waals surface area contributed by atoms with Gasteiger partial charge in [-0.05, 0) is 68.3 Å². The van der Waals surface area contributed by atoms with Gasteiger partial charge in [-0.1, -0.05) is 23.8 Å². The van der Waals surface area contributed by atoms with Gasteiger partial charge in [0.2, 0.25) is 0 Å². The van der Waals surface area contributed by atoms with Crippen LogP contribution in [-0.4, -0.2) is 42.7 Å². The number of benzene rings is 3. The van der Waals surface area contributed by atoms with Crippen molar-refractivity contribution in [2.24, 2.45) is 0 Å². The minimum absolute atomic E-state index is 0.137. The Morgan fingerprint density at radius 1 is 0.892 bits per heavy atom. The number of methoxy groups -OCH3 is 2. The van der Waals surface area contributed by atoms with Crippen LogP contribution in [0.5, 0.6) is 23.0 Å². The van der Waals surface area contributed by atoms with Crippen LogP contribution < -0.4 is 19.1 Å². The first kappa shape index (κ1) is 25.6. The number of hydrogen-bond donors (Lipinski definition) is 2. The fourth-order valence-corrected chi connectivity index (χ4v) is 4.51. The third-order valence-electron chi connectivity index (χ3n) is 6.25. The first-order valence-electron chi connectivity index (χ1n) is 11.8. The van der Waals surface area contributed by atoms with Crippen LogP contribution in [0.2, 0.25) is 0 Å². The average molecular weight is 504 g/mol. The van der Waals surface area contributed by atoms with Crippen LogP contribution >= 0.6 is 0 Å². The molecule has 2 N–H and O–H groups in total. The Balaban J connectivity index is 2.04. The summed E-state index contributed by atoms with van der Waals surface area (Å²) in [5, 5.41) is 22.2. The SMILES string of the molecule is CCOc1cc(C2/C(=C(\O)c3cc(C)ccc3OC)C(=O)C(=O)N2c2cc(C)ccc2O)ccc1OC. The molecule has 0 bridgehead atoms. The summed E-state index contributed by atoms with van der Waals surface area (Å²) in [7, 11) is 2.97. The molecule has 8 nitrogen and oxygen atoms in total. The highest BCUT2D eigenvalue weighted by Crippen LogP contribution is 2.47. The van der Waals surface area contributed by atoms with Gasteiger partial charge in [-0.25, -0.2) is 0 Å². The van der Waals surface area contributed by atoms with Crippen LogP contribution in [0, 0.1) is 13.8 Å². The maximum Gasteiger partial charge on any atom is 0.300 e. The predicted octanol–water partition coefficient (Wildman–Crippen LogP) is 5.05. The van der Waals surface area contributed by atoms with Crippen molar-refractivity contribution in [2.75, 3.05) is 25.7 Å². The van der Waals surface area contributed by atoms with Crippen molar-refractivity contribution in [1.82, 2.24) is 0 Å². The summed E-state index contributed by atoms with van der Waals surface area (Å²) in [6.45, 7) is 5.84. The van der Waals surface area contributed by atoms with Crippen molar-refractivity contribution >= 4 is 23.1 Å². The Morgan fingerprint density at radius 3 is 2.22 bits per heavy atom. The minimum Gasteiger partial charge on any atom is -0.507 e. The molecule has 1 atom stereocenters. The topological polar surface area (TPSA) is 106 Å². The molecule has 0 spiro atoms. The molecule has 3 aromatic carbocycles. The van der Waals surface area contributed by atoms with E-state index in [9.17, 15) is 19.8 Å². The van der Waals surface area contributed by atoms with Crippen LogP contribution in [0.4, 0.5) is 5.69 Å². The number of aryl methyl sites for hydroxylation is 2. The van der Waals surface area contributed by atoms with E-state index in [2.05, 4.69) is 0 Å². The molecule has 0 radical (unpaired) electrons. The number of rotatable bonds is 7. The van der Waals surface area contributed by atoms with E-state index in [0.717, 1.165) is 11.1 Å². The maximum atomic E-state index is 13.5. The second kappa shape index (κ2) is 10.3. The number of ketones is 1. The summed E-state index contributed by atoms with van der Waals surface area (Å²) in [5.41, 5.74) is 2.37. The molecule has 1 aliphatic heterocycles. The second-order valence-electron chi connectivity index (χ2n) is 8.71. The van der Waals surface area contributed by atoms with E-state index in [1.807, 2.05) is 26.8 Å². The first-order chi connectivity index (χ1) is 17.7.